The summed E-state index contributed by atoms with van der Waals surface area (Å²) in [6.45, 7) is 34.5. The number of allylic oxidation sites excluding steroid dienone is 11. The molecule has 0 saturated carbocycles. The molecule has 1 amide bonds. The first kappa shape index (κ1) is 48.0. The van der Waals surface area contributed by atoms with Crippen molar-refractivity contribution in [3.8, 4) is 6.07 Å². The first-order valence-electron chi connectivity index (χ1n) is 19.2. The first-order valence-corrected chi connectivity index (χ1v) is 19.2. The Morgan fingerprint density at radius 2 is 1.59 bits per heavy atom. The molecule has 0 aromatic rings. The monoisotopic (exact) mass is 677 g/mol. The number of piperazine rings is 1. The van der Waals surface area contributed by atoms with Crippen molar-refractivity contribution in [3.05, 3.63) is 70.6 Å². The normalized spacial score (nSPS) is 17.6. The van der Waals surface area contributed by atoms with Crippen molar-refractivity contribution in [2.75, 3.05) is 19.6 Å². The molecule has 2 atom stereocenters. The molecule has 1 heterocycles. The predicted molar refractivity (Wildman–Crippen MR) is 218 cm³/mol. The van der Waals surface area contributed by atoms with Crippen molar-refractivity contribution in [2.24, 2.45) is 16.3 Å². The fourth-order valence-corrected chi connectivity index (χ4v) is 5.57. The summed E-state index contributed by atoms with van der Waals surface area (Å²) in [5.41, 5.74) is 6.62. The number of rotatable bonds is 14. The van der Waals surface area contributed by atoms with Crippen molar-refractivity contribution >= 4 is 11.6 Å². The molecule has 0 N–H and O–H groups in total. The maximum Gasteiger partial charge on any atom is 0.228 e. The smallest absolute Gasteiger partial charge is 0.228 e. The Morgan fingerprint density at radius 1 is 0.980 bits per heavy atom. The summed E-state index contributed by atoms with van der Waals surface area (Å²) in [7, 11) is 0. The highest BCUT2D eigenvalue weighted by atomic mass is 16.2. The van der Waals surface area contributed by atoms with Gasteiger partial charge in [-0.05, 0) is 83.9 Å². The number of nitrogens with zero attached hydrogens (tertiary/aromatic N) is 4. The van der Waals surface area contributed by atoms with Gasteiger partial charge in [0.15, 0.2) is 0 Å². The highest BCUT2D eigenvalue weighted by molar-refractivity contribution is 6.03. The van der Waals surface area contributed by atoms with Gasteiger partial charge in [-0.15, -0.1) is 0 Å². The number of hydrogen-bond acceptors (Lipinski definition) is 4. The van der Waals surface area contributed by atoms with Gasteiger partial charge in [-0.25, -0.2) is 0 Å². The molecule has 5 nitrogen and oxygen atoms in total. The summed E-state index contributed by atoms with van der Waals surface area (Å²) in [4.78, 5) is 22.1. The molecule has 0 aromatic carbocycles. The van der Waals surface area contributed by atoms with E-state index in [4.69, 9.17) is 10.3 Å². The first-order chi connectivity index (χ1) is 23.1. The molecular formula is C44H76N4O. The molecule has 278 valence electrons. The van der Waals surface area contributed by atoms with E-state index < -0.39 is 0 Å². The molecular weight excluding hydrogens is 601 g/mol. The van der Waals surface area contributed by atoms with Crippen molar-refractivity contribution in [1.82, 2.24) is 9.80 Å². The fourth-order valence-electron chi connectivity index (χ4n) is 5.57. The van der Waals surface area contributed by atoms with E-state index in [1.54, 1.807) is 0 Å². The highest BCUT2D eigenvalue weighted by Crippen LogP contribution is 2.30. The van der Waals surface area contributed by atoms with Gasteiger partial charge in [-0.2, -0.15) is 5.26 Å². The highest BCUT2D eigenvalue weighted by Gasteiger charge is 2.34. The Bertz CT molecular complexity index is 1190. The van der Waals surface area contributed by atoms with Gasteiger partial charge in [-0.1, -0.05) is 125 Å². The summed E-state index contributed by atoms with van der Waals surface area (Å²) >= 11 is 0. The van der Waals surface area contributed by atoms with E-state index in [-0.39, 0.29) is 17.4 Å². The van der Waals surface area contributed by atoms with E-state index in [0.29, 0.717) is 5.92 Å². The zero-order valence-corrected chi connectivity index (χ0v) is 34.7. The number of aliphatic imine (C=N–C) groups is 1. The van der Waals surface area contributed by atoms with E-state index >= 15 is 0 Å². The molecule has 49 heavy (non-hydrogen) atoms. The van der Waals surface area contributed by atoms with Gasteiger partial charge in [-0.3, -0.25) is 9.79 Å². The molecule has 1 aliphatic heterocycles. The maximum atomic E-state index is 12.8. The van der Waals surface area contributed by atoms with Gasteiger partial charge in [0.25, 0.3) is 0 Å². The van der Waals surface area contributed by atoms with Crippen molar-refractivity contribution in [2.45, 2.75) is 161 Å². The number of carbonyl (C=O) groups excluding carboxylic acids is 1. The fraction of sp³-hybridized carbons (Fsp3) is 0.659. The average molecular weight is 677 g/mol. The summed E-state index contributed by atoms with van der Waals surface area (Å²) < 4.78 is 0. The summed E-state index contributed by atoms with van der Waals surface area (Å²) in [5, 5.41) is 8.85. The molecule has 1 aliphatic rings. The molecule has 0 spiro atoms. The average Bonchev–Trinajstić information content (AvgIpc) is 3.06. The molecule has 1 saturated heterocycles. The van der Waals surface area contributed by atoms with Crippen molar-refractivity contribution in [1.29, 1.82) is 5.26 Å². The van der Waals surface area contributed by atoms with Crippen LogP contribution in [-0.4, -0.2) is 47.1 Å². The minimum absolute atomic E-state index is 0.191. The minimum Gasteiger partial charge on any atom is -0.371 e. The van der Waals surface area contributed by atoms with Crippen molar-refractivity contribution < 1.29 is 4.79 Å². The second kappa shape index (κ2) is 27.7. The molecule has 5 heteroatoms. The van der Waals surface area contributed by atoms with Gasteiger partial charge < -0.3 is 9.80 Å². The number of carbonyl (C=O) groups is 1. The second-order valence-electron chi connectivity index (χ2n) is 14.2. The van der Waals surface area contributed by atoms with Crippen LogP contribution in [0.5, 0.6) is 0 Å². The Hall–Kier alpha value is -3.13. The third kappa shape index (κ3) is 19.6. The zero-order valence-electron chi connectivity index (χ0n) is 34.7. The largest absolute Gasteiger partial charge is 0.371 e. The van der Waals surface area contributed by atoms with E-state index in [0.717, 1.165) is 63.0 Å². The summed E-state index contributed by atoms with van der Waals surface area (Å²) in [6.07, 6.45) is 23.4. The van der Waals surface area contributed by atoms with E-state index in [1.807, 2.05) is 51.3 Å². The predicted octanol–water partition coefficient (Wildman–Crippen LogP) is 12.6. The van der Waals surface area contributed by atoms with Crippen LogP contribution >= 0.6 is 0 Å². The maximum absolute atomic E-state index is 12.8. The standard InChI is InChI=1S/C26H45N3O.C13H19N.C5H12/c1-11-14-15-27-21(6)24(23(13-3)19(4)12-2)22(7)28-16-17-29(20(5)18-28)25(30)26(8,9)10;1-4-6-7-9-13(11-14)10-12(3)8-5-2;1-3-5-4-2/h13-15,19-20H,11-12,16-18H2,1-10H3;6-7,9-10H,4-5,8H2,1-3H3;3-5H2,1-2H3/b15-14+,23-13-,24-22-,27-21+;7-6+,12-10+,13-9+;. The summed E-state index contributed by atoms with van der Waals surface area (Å²) in [6, 6.07) is 2.38. The zero-order chi connectivity index (χ0) is 38.0. The van der Waals surface area contributed by atoms with Crippen LogP contribution < -0.4 is 0 Å². The molecule has 1 rings (SSSR count). The Kier molecular flexibility index (Phi) is 27.1. The Morgan fingerprint density at radius 3 is 2.02 bits per heavy atom. The van der Waals surface area contributed by atoms with Gasteiger partial charge in [0, 0.05) is 54.3 Å². The molecule has 2 unspecified atom stereocenters. The van der Waals surface area contributed by atoms with E-state index in [1.165, 1.54) is 41.7 Å². The van der Waals surface area contributed by atoms with E-state index in [2.05, 4.69) is 111 Å². The van der Waals surface area contributed by atoms with Gasteiger partial charge in [0.2, 0.25) is 5.91 Å². The topological polar surface area (TPSA) is 59.7 Å². The van der Waals surface area contributed by atoms with Crippen LogP contribution in [0.2, 0.25) is 0 Å². The molecule has 0 aliphatic carbocycles. The molecule has 0 radical (unpaired) electrons. The van der Waals surface area contributed by atoms with Crippen LogP contribution in [0.4, 0.5) is 0 Å². The van der Waals surface area contributed by atoms with Crippen LogP contribution in [0.1, 0.15) is 155 Å². The van der Waals surface area contributed by atoms with Crippen LogP contribution in [0, 0.1) is 22.7 Å². The number of unbranched alkanes of at least 4 members (excludes halogenated alkanes) is 2. The number of hydrogen-bond donors (Lipinski definition) is 0. The van der Waals surface area contributed by atoms with Crippen LogP contribution in [0.25, 0.3) is 0 Å². The van der Waals surface area contributed by atoms with Crippen molar-refractivity contribution in [3.63, 3.8) is 0 Å². The third-order valence-corrected chi connectivity index (χ3v) is 8.61. The summed E-state index contributed by atoms with van der Waals surface area (Å²) in [5.74, 6) is 0.717. The van der Waals surface area contributed by atoms with Crippen LogP contribution in [-0.2, 0) is 4.79 Å². The molecule has 1 fully saturated rings. The number of amides is 1. The van der Waals surface area contributed by atoms with Gasteiger partial charge in [0.05, 0.1) is 11.6 Å². The lowest BCUT2D eigenvalue weighted by atomic mass is 9.87. The van der Waals surface area contributed by atoms with Gasteiger partial charge in [0.1, 0.15) is 0 Å². The Labute approximate surface area is 304 Å². The van der Waals surface area contributed by atoms with E-state index in [9.17, 15) is 4.79 Å². The van der Waals surface area contributed by atoms with Crippen LogP contribution in [0.3, 0.4) is 0 Å². The SMILES string of the molecule is CC/C=C/C=C(C#N)\C=C(/C)CCC.CCCCC.C\C=C(C(/C(C)=N/C=C/CC)=C(/C)N1CCN(C(=O)C(C)(C)C)C(C)C1)\C(C)CC. The quantitative estimate of drug-likeness (QED) is 0.104. The molecule has 0 aromatic heterocycles. The molecule has 0 bridgehead atoms. The lowest BCUT2D eigenvalue weighted by molar-refractivity contribution is -0.143. The number of nitriles is 1. The second-order valence-corrected chi connectivity index (χ2v) is 14.2. The minimum atomic E-state index is -0.337. The lowest BCUT2D eigenvalue weighted by Crippen LogP contribution is -2.56. The van der Waals surface area contributed by atoms with Gasteiger partial charge >= 0.3 is 0 Å². The van der Waals surface area contributed by atoms with Crippen LogP contribution in [0.15, 0.2) is 75.6 Å². The third-order valence-electron chi connectivity index (χ3n) is 8.61. The lowest BCUT2D eigenvalue weighted by Gasteiger charge is -2.44. The Balaban J connectivity index is 0.